The van der Waals surface area contributed by atoms with E-state index in [1.54, 1.807) is 31.2 Å². The zero-order chi connectivity index (χ0) is 20.9. The second kappa shape index (κ2) is 8.48. The summed E-state index contributed by atoms with van der Waals surface area (Å²) in [5.41, 5.74) is 4.08. The molecule has 0 aliphatic heterocycles. The molecule has 150 valence electrons. The smallest absolute Gasteiger partial charge is 0.319 e. The van der Waals surface area contributed by atoms with Crippen LogP contribution in [0, 0.1) is 0 Å². The van der Waals surface area contributed by atoms with E-state index in [4.69, 9.17) is 0 Å². The predicted molar refractivity (Wildman–Crippen MR) is 118 cm³/mol. The number of benzene rings is 3. The highest BCUT2D eigenvalue weighted by atomic mass is 16.2. The lowest BCUT2D eigenvalue weighted by atomic mass is 10.2. The molecule has 0 saturated carbocycles. The van der Waals surface area contributed by atoms with Gasteiger partial charge in [0.05, 0.1) is 11.0 Å². The van der Waals surface area contributed by atoms with Crippen molar-refractivity contribution in [3.05, 3.63) is 78.9 Å². The molecule has 1 heterocycles. The number of amides is 3. The molecule has 7 nitrogen and oxygen atoms in total. The molecular formula is C23H21N5O2. The monoisotopic (exact) mass is 399 g/mol. The first-order valence-electron chi connectivity index (χ1n) is 9.57. The number of nitrogens with one attached hydrogen (secondary N) is 4. The second-order valence-electron chi connectivity index (χ2n) is 6.86. The number of H-pyrrole nitrogens is 1. The third-order valence-corrected chi connectivity index (χ3v) is 4.59. The van der Waals surface area contributed by atoms with Crippen molar-refractivity contribution in [3.8, 4) is 11.4 Å². The Kier molecular flexibility index (Phi) is 5.43. The number of carbonyl (C=O) groups excluding carboxylic acids is 2. The predicted octanol–water partition coefficient (Wildman–Crippen LogP) is 4.38. The lowest BCUT2D eigenvalue weighted by Crippen LogP contribution is -2.43. The molecule has 0 saturated heterocycles. The summed E-state index contributed by atoms with van der Waals surface area (Å²) in [7, 11) is 0. The summed E-state index contributed by atoms with van der Waals surface area (Å²) in [6.07, 6.45) is 0. The summed E-state index contributed by atoms with van der Waals surface area (Å²) in [5.74, 6) is 0.455. The minimum Gasteiger partial charge on any atom is -0.338 e. The van der Waals surface area contributed by atoms with Crippen LogP contribution in [-0.2, 0) is 4.79 Å². The van der Waals surface area contributed by atoms with Crippen molar-refractivity contribution in [1.29, 1.82) is 0 Å². The molecule has 0 fully saturated rings. The van der Waals surface area contributed by atoms with Crippen LogP contribution in [0.1, 0.15) is 6.92 Å². The van der Waals surface area contributed by atoms with E-state index < -0.39 is 12.1 Å². The summed E-state index contributed by atoms with van der Waals surface area (Å²) >= 11 is 0. The zero-order valence-electron chi connectivity index (χ0n) is 16.3. The van der Waals surface area contributed by atoms with Crippen LogP contribution in [0.2, 0.25) is 0 Å². The molecule has 0 radical (unpaired) electrons. The van der Waals surface area contributed by atoms with E-state index in [-0.39, 0.29) is 5.91 Å². The highest BCUT2D eigenvalue weighted by Crippen LogP contribution is 2.22. The van der Waals surface area contributed by atoms with Crippen molar-refractivity contribution in [2.75, 3.05) is 10.6 Å². The Balaban J connectivity index is 1.35. The van der Waals surface area contributed by atoms with Crippen LogP contribution in [-0.4, -0.2) is 27.9 Å². The molecule has 0 spiro atoms. The van der Waals surface area contributed by atoms with Crippen LogP contribution in [0.15, 0.2) is 78.9 Å². The number of aromatic nitrogens is 2. The molecule has 3 amide bonds. The number of hydrogen-bond acceptors (Lipinski definition) is 3. The molecule has 1 atom stereocenters. The van der Waals surface area contributed by atoms with Gasteiger partial charge in [-0.15, -0.1) is 0 Å². The van der Waals surface area contributed by atoms with Gasteiger partial charge in [0.25, 0.3) is 0 Å². The van der Waals surface area contributed by atoms with Crippen molar-refractivity contribution >= 4 is 34.3 Å². The maximum absolute atomic E-state index is 12.4. The Bertz CT molecular complexity index is 1140. The molecule has 4 aromatic rings. The van der Waals surface area contributed by atoms with E-state index in [9.17, 15) is 9.59 Å². The third kappa shape index (κ3) is 4.47. The van der Waals surface area contributed by atoms with Gasteiger partial charge < -0.3 is 20.9 Å². The van der Waals surface area contributed by atoms with Crippen LogP contribution in [0.25, 0.3) is 22.4 Å². The SMILES string of the molecule is CC(NC(=O)Nc1ccccc1)C(=O)Nc1ccc(-c2nc3ccccc3[nH]2)cc1. The fraction of sp³-hybridized carbons (Fsp3) is 0.0870. The Morgan fingerprint density at radius 2 is 1.50 bits per heavy atom. The van der Waals surface area contributed by atoms with Crippen LogP contribution in [0.4, 0.5) is 16.2 Å². The van der Waals surface area contributed by atoms with Crippen LogP contribution in [0.5, 0.6) is 0 Å². The number of para-hydroxylation sites is 3. The Morgan fingerprint density at radius 1 is 0.833 bits per heavy atom. The summed E-state index contributed by atoms with van der Waals surface area (Å²) in [6, 6.07) is 23.1. The number of anilines is 2. The highest BCUT2D eigenvalue weighted by molar-refractivity contribution is 5.99. The molecule has 3 aromatic carbocycles. The van der Waals surface area contributed by atoms with Gasteiger partial charge in [-0.1, -0.05) is 30.3 Å². The normalized spacial score (nSPS) is 11.6. The molecule has 1 aromatic heterocycles. The molecule has 0 aliphatic carbocycles. The van der Waals surface area contributed by atoms with E-state index in [0.29, 0.717) is 11.4 Å². The van der Waals surface area contributed by atoms with Crippen LogP contribution >= 0.6 is 0 Å². The molecule has 0 bridgehead atoms. The van der Waals surface area contributed by atoms with Gasteiger partial charge in [-0.25, -0.2) is 9.78 Å². The first kappa shape index (κ1) is 19.2. The zero-order valence-corrected chi connectivity index (χ0v) is 16.3. The molecule has 1 unspecified atom stereocenters. The minimum atomic E-state index is -0.705. The highest BCUT2D eigenvalue weighted by Gasteiger charge is 2.16. The summed E-state index contributed by atoms with van der Waals surface area (Å²) < 4.78 is 0. The Hall–Kier alpha value is -4.13. The maximum Gasteiger partial charge on any atom is 0.319 e. The van der Waals surface area contributed by atoms with Crippen LogP contribution < -0.4 is 16.0 Å². The summed E-state index contributed by atoms with van der Waals surface area (Å²) in [6.45, 7) is 1.63. The Morgan fingerprint density at radius 3 is 2.23 bits per heavy atom. The largest absolute Gasteiger partial charge is 0.338 e. The van der Waals surface area contributed by atoms with Crippen LogP contribution in [0.3, 0.4) is 0 Å². The molecule has 7 heteroatoms. The fourth-order valence-corrected chi connectivity index (χ4v) is 3.00. The van der Waals surface area contributed by atoms with E-state index in [0.717, 1.165) is 22.4 Å². The number of nitrogens with zero attached hydrogens (tertiary/aromatic N) is 1. The molecule has 30 heavy (non-hydrogen) atoms. The minimum absolute atomic E-state index is 0.310. The number of carbonyl (C=O) groups is 2. The standard InChI is InChI=1S/C23H21N5O2/c1-15(24-23(30)26-17-7-3-2-4-8-17)22(29)25-18-13-11-16(12-14-18)21-27-19-9-5-6-10-20(19)28-21/h2-15H,1H3,(H,25,29)(H,27,28)(H2,24,26,30). The number of fused-ring (bicyclic) bond motifs is 1. The van der Waals surface area contributed by atoms with Gasteiger partial charge in [-0.2, -0.15) is 0 Å². The number of imidazole rings is 1. The molecule has 4 N–H and O–H groups in total. The Labute approximate surface area is 173 Å². The maximum atomic E-state index is 12.4. The van der Waals surface area contributed by atoms with Crippen molar-refractivity contribution in [2.24, 2.45) is 0 Å². The summed E-state index contributed by atoms with van der Waals surface area (Å²) in [5, 5.41) is 8.12. The van der Waals surface area contributed by atoms with Crippen molar-refractivity contribution in [1.82, 2.24) is 15.3 Å². The average Bonchev–Trinajstić information content (AvgIpc) is 3.19. The van der Waals surface area contributed by atoms with Crippen molar-refractivity contribution in [2.45, 2.75) is 13.0 Å². The van der Waals surface area contributed by atoms with Gasteiger partial charge in [0, 0.05) is 16.9 Å². The average molecular weight is 399 g/mol. The number of rotatable bonds is 5. The van der Waals surface area contributed by atoms with E-state index >= 15 is 0 Å². The van der Waals surface area contributed by atoms with E-state index in [1.165, 1.54) is 0 Å². The molecule has 0 aliphatic rings. The van der Waals surface area contributed by atoms with Crippen molar-refractivity contribution < 1.29 is 9.59 Å². The lowest BCUT2D eigenvalue weighted by molar-refractivity contribution is -0.117. The van der Waals surface area contributed by atoms with E-state index in [2.05, 4.69) is 25.9 Å². The van der Waals surface area contributed by atoms with E-state index in [1.807, 2.05) is 54.6 Å². The van der Waals surface area contributed by atoms with Gasteiger partial charge >= 0.3 is 6.03 Å². The first-order valence-corrected chi connectivity index (χ1v) is 9.57. The van der Waals surface area contributed by atoms with Gasteiger partial charge in [0.15, 0.2) is 0 Å². The first-order chi connectivity index (χ1) is 14.6. The fourth-order valence-electron chi connectivity index (χ4n) is 3.00. The van der Waals surface area contributed by atoms with Crippen molar-refractivity contribution in [3.63, 3.8) is 0 Å². The van der Waals surface area contributed by atoms with Gasteiger partial charge in [-0.3, -0.25) is 4.79 Å². The third-order valence-electron chi connectivity index (χ3n) is 4.59. The lowest BCUT2D eigenvalue weighted by Gasteiger charge is -2.15. The number of hydrogen-bond donors (Lipinski definition) is 4. The number of aromatic amines is 1. The summed E-state index contributed by atoms with van der Waals surface area (Å²) in [4.78, 5) is 32.3. The second-order valence-corrected chi connectivity index (χ2v) is 6.86. The quantitative estimate of drug-likeness (QED) is 0.401. The van der Waals surface area contributed by atoms with Gasteiger partial charge in [-0.05, 0) is 55.5 Å². The van der Waals surface area contributed by atoms with Gasteiger partial charge in [0.2, 0.25) is 5.91 Å². The van der Waals surface area contributed by atoms with Gasteiger partial charge in [0.1, 0.15) is 11.9 Å². The molecule has 4 rings (SSSR count). The topological polar surface area (TPSA) is 98.9 Å². The molecular weight excluding hydrogens is 378 g/mol. The number of urea groups is 1.